The highest BCUT2D eigenvalue weighted by molar-refractivity contribution is 7.11. The molecule has 0 aliphatic heterocycles. The monoisotopic (exact) mass is 251 g/mol. The molecule has 2 N–H and O–H groups in total. The van der Waals surface area contributed by atoms with Gasteiger partial charge in [-0.2, -0.15) is 0 Å². The highest BCUT2D eigenvalue weighted by Crippen LogP contribution is 2.28. The summed E-state index contributed by atoms with van der Waals surface area (Å²) in [6.45, 7) is 8.19. The van der Waals surface area contributed by atoms with E-state index in [0.29, 0.717) is 6.04 Å². The van der Waals surface area contributed by atoms with Crippen molar-refractivity contribution in [3.63, 3.8) is 0 Å². The van der Waals surface area contributed by atoms with Gasteiger partial charge in [0.2, 0.25) is 0 Å². The molecule has 3 nitrogen and oxygen atoms in total. The van der Waals surface area contributed by atoms with Crippen LogP contribution in [0, 0.1) is 12.8 Å². The second kappa shape index (κ2) is 5.54. The number of hydrogen-bond acceptors (Lipinski definition) is 2. The Labute approximate surface area is 107 Å². The summed E-state index contributed by atoms with van der Waals surface area (Å²) in [6.07, 6.45) is 1.27. The van der Waals surface area contributed by atoms with Crippen molar-refractivity contribution in [2.75, 3.05) is 6.54 Å². The minimum absolute atomic E-state index is 0.623. The summed E-state index contributed by atoms with van der Waals surface area (Å²) in [5.74, 6) is 1.75. The van der Waals surface area contributed by atoms with Crippen LogP contribution in [0.5, 0.6) is 0 Å². The average Bonchev–Trinajstić information content (AvgIpc) is 2.81. The molecule has 1 aliphatic rings. The maximum Gasteiger partial charge on any atom is 0.191 e. The van der Waals surface area contributed by atoms with Crippen LogP contribution in [0.15, 0.2) is 17.1 Å². The predicted molar refractivity (Wildman–Crippen MR) is 74.6 cm³/mol. The lowest BCUT2D eigenvalue weighted by Gasteiger charge is -2.10. The first-order valence-electron chi connectivity index (χ1n) is 6.29. The van der Waals surface area contributed by atoms with E-state index in [9.17, 15) is 0 Å². The number of nitrogens with zero attached hydrogens (tertiary/aromatic N) is 1. The first-order chi connectivity index (χ1) is 8.19. The number of rotatable bonds is 4. The maximum absolute atomic E-state index is 4.62. The quantitative estimate of drug-likeness (QED) is 0.637. The smallest absolute Gasteiger partial charge is 0.191 e. The molecule has 0 radical (unpaired) electrons. The molecule has 17 heavy (non-hydrogen) atoms. The fraction of sp³-hybridized carbons (Fsp3) is 0.615. The lowest BCUT2D eigenvalue weighted by molar-refractivity contribution is 0.767. The molecule has 0 saturated heterocycles. The van der Waals surface area contributed by atoms with Gasteiger partial charge in [0.05, 0.1) is 6.54 Å². The molecular weight excluding hydrogens is 230 g/mol. The van der Waals surface area contributed by atoms with E-state index < -0.39 is 0 Å². The number of hydrogen-bond donors (Lipinski definition) is 2. The summed E-state index contributed by atoms with van der Waals surface area (Å²) in [4.78, 5) is 7.29. The molecule has 1 saturated carbocycles. The van der Waals surface area contributed by atoms with Gasteiger partial charge in [-0.15, -0.1) is 11.3 Å². The maximum atomic E-state index is 4.62. The Kier molecular flexibility index (Phi) is 4.05. The van der Waals surface area contributed by atoms with Crippen molar-refractivity contribution in [2.24, 2.45) is 10.9 Å². The molecular formula is C13H21N3S. The van der Waals surface area contributed by atoms with E-state index in [4.69, 9.17) is 0 Å². The minimum Gasteiger partial charge on any atom is -0.357 e. The first-order valence-corrected chi connectivity index (χ1v) is 7.11. The van der Waals surface area contributed by atoms with E-state index in [0.717, 1.165) is 25.0 Å². The number of nitrogens with one attached hydrogen (secondary N) is 2. The van der Waals surface area contributed by atoms with Crippen LogP contribution in [0.1, 0.15) is 30.0 Å². The van der Waals surface area contributed by atoms with Gasteiger partial charge in [-0.05, 0) is 38.3 Å². The van der Waals surface area contributed by atoms with E-state index in [2.05, 4.69) is 48.5 Å². The van der Waals surface area contributed by atoms with Crippen LogP contribution in [-0.4, -0.2) is 18.5 Å². The van der Waals surface area contributed by atoms with Crippen LogP contribution in [0.4, 0.5) is 0 Å². The second-order valence-electron chi connectivity index (χ2n) is 4.67. The molecule has 0 spiro atoms. The number of aliphatic imine (C=N–C) groups is 1. The normalized spacial score (nSPS) is 23.6. The Balaban J connectivity index is 1.90. The molecule has 1 aliphatic carbocycles. The molecule has 2 unspecified atom stereocenters. The Morgan fingerprint density at radius 1 is 1.53 bits per heavy atom. The Hall–Kier alpha value is -1.03. The van der Waals surface area contributed by atoms with Gasteiger partial charge in [-0.3, -0.25) is 0 Å². The largest absolute Gasteiger partial charge is 0.357 e. The summed E-state index contributed by atoms with van der Waals surface area (Å²) in [7, 11) is 0. The van der Waals surface area contributed by atoms with E-state index in [1.165, 1.54) is 16.2 Å². The molecule has 0 bridgehead atoms. The molecule has 1 aromatic rings. The topological polar surface area (TPSA) is 36.4 Å². The van der Waals surface area contributed by atoms with E-state index in [1.807, 2.05) is 11.3 Å². The summed E-state index contributed by atoms with van der Waals surface area (Å²) < 4.78 is 0. The molecule has 2 atom stereocenters. The van der Waals surface area contributed by atoms with Crippen molar-refractivity contribution < 1.29 is 0 Å². The number of guanidine groups is 1. The fourth-order valence-corrected chi connectivity index (χ4v) is 2.56. The highest BCUT2D eigenvalue weighted by atomic mass is 32.1. The van der Waals surface area contributed by atoms with Crippen LogP contribution in [0.25, 0.3) is 0 Å². The predicted octanol–water partition coefficient (Wildman–Crippen LogP) is 2.52. The third kappa shape index (κ3) is 3.73. The van der Waals surface area contributed by atoms with E-state index in [-0.39, 0.29) is 0 Å². The molecule has 1 heterocycles. The third-order valence-corrected chi connectivity index (χ3v) is 3.95. The number of thiophene rings is 1. The summed E-state index contributed by atoms with van der Waals surface area (Å²) in [5, 5.41) is 6.76. The van der Waals surface area contributed by atoms with Gasteiger partial charge in [0.25, 0.3) is 0 Å². The Morgan fingerprint density at radius 2 is 2.29 bits per heavy atom. The van der Waals surface area contributed by atoms with Crippen molar-refractivity contribution in [1.29, 1.82) is 0 Å². The van der Waals surface area contributed by atoms with E-state index >= 15 is 0 Å². The van der Waals surface area contributed by atoms with Gasteiger partial charge >= 0.3 is 0 Å². The Morgan fingerprint density at radius 3 is 2.82 bits per heavy atom. The average molecular weight is 251 g/mol. The lowest BCUT2D eigenvalue weighted by Crippen LogP contribution is -2.39. The zero-order chi connectivity index (χ0) is 12.3. The van der Waals surface area contributed by atoms with Gasteiger partial charge in [-0.25, -0.2) is 4.99 Å². The van der Waals surface area contributed by atoms with Gasteiger partial charge < -0.3 is 10.6 Å². The molecule has 1 fully saturated rings. The van der Waals surface area contributed by atoms with Crippen molar-refractivity contribution in [3.05, 3.63) is 21.9 Å². The molecule has 0 amide bonds. The van der Waals surface area contributed by atoms with Crippen LogP contribution in [-0.2, 0) is 6.54 Å². The van der Waals surface area contributed by atoms with Crippen molar-refractivity contribution in [3.8, 4) is 0 Å². The first kappa shape index (κ1) is 12.4. The van der Waals surface area contributed by atoms with E-state index in [1.54, 1.807) is 0 Å². The Bertz CT molecular complexity index is 397. The van der Waals surface area contributed by atoms with Crippen LogP contribution < -0.4 is 10.6 Å². The highest BCUT2D eigenvalue weighted by Gasteiger charge is 2.33. The lowest BCUT2D eigenvalue weighted by atomic mass is 10.4. The minimum atomic E-state index is 0.623. The molecule has 94 valence electrons. The zero-order valence-corrected chi connectivity index (χ0v) is 11.6. The molecule has 2 rings (SSSR count). The summed E-state index contributed by atoms with van der Waals surface area (Å²) in [5.41, 5.74) is 0. The second-order valence-corrected chi connectivity index (χ2v) is 6.04. The number of aryl methyl sites for hydroxylation is 1. The van der Waals surface area contributed by atoms with Crippen LogP contribution in [0.2, 0.25) is 0 Å². The standard InChI is InChI=1S/C13H21N3S/c1-4-14-13(16-12-7-9(12)2)15-8-11-6-5-10(3)17-11/h5-6,9,12H,4,7-8H2,1-3H3,(H2,14,15,16). The summed E-state index contributed by atoms with van der Waals surface area (Å²) >= 11 is 1.82. The van der Waals surface area contributed by atoms with Crippen molar-refractivity contribution in [1.82, 2.24) is 10.6 Å². The van der Waals surface area contributed by atoms with Crippen LogP contribution in [0.3, 0.4) is 0 Å². The summed E-state index contributed by atoms with van der Waals surface area (Å²) in [6, 6.07) is 4.93. The molecule has 1 aromatic heterocycles. The van der Waals surface area contributed by atoms with Gasteiger partial charge in [0.1, 0.15) is 0 Å². The SMILES string of the molecule is CCNC(=NCc1ccc(C)s1)NC1CC1C. The zero-order valence-electron chi connectivity index (χ0n) is 10.8. The molecule has 0 aromatic carbocycles. The van der Waals surface area contributed by atoms with Crippen LogP contribution >= 0.6 is 11.3 Å². The van der Waals surface area contributed by atoms with Crippen molar-refractivity contribution >= 4 is 17.3 Å². The molecule has 4 heteroatoms. The van der Waals surface area contributed by atoms with Crippen molar-refractivity contribution in [2.45, 2.75) is 39.8 Å². The van der Waals surface area contributed by atoms with Gasteiger partial charge in [0, 0.05) is 22.3 Å². The third-order valence-electron chi connectivity index (χ3n) is 2.96. The van der Waals surface area contributed by atoms with Gasteiger partial charge in [0.15, 0.2) is 5.96 Å². The van der Waals surface area contributed by atoms with Gasteiger partial charge in [-0.1, -0.05) is 6.92 Å². The fourth-order valence-electron chi connectivity index (χ4n) is 1.75.